The molecule has 0 amide bonds. The third kappa shape index (κ3) is 2.10. The Labute approximate surface area is 85.9 Å². The van der Waals surface area contributed by atoms with Gasteiger partial charge in [0.15, 0.2) is 0 Å². The molecule has 0 aliphatic rings. The zero-order valence-electron chi connectivity index (χ0n) is 7.79. The van der Waals surface area contributed by atoms with Crippen molar-refractivity contribution in [2.75, 3.05) is 6.54 Å². The van der Waals surface area contributed by atoms with Crippen LogP contribution in [-0.2, 0) is 12.6 Å². The van der Waals surface area contributed by atoms with E-state index in [1.54, 1.807) is 24.9 Å². The first kappa shape index (κ1) is 10.7. The first-order valence-electron chi connectivity index (χ1n) is 4.09. The highest BCUT2D eigenvalue weighted by Crippen LogP contribution is 2.29. The van der Waals surface area contributed by atoms with Gasteiger partial charge < -0.3 is 10.8 Å². The van der Waals surface area contributed by atoms with E-state index in [1.807, 2.05) is 0 Å². The smallest absolute Gasteiger partial charge is 0.106 e. The lowest BCUT2D eigenvalue weighted by atomic mass is 9.98. The van der Waals surface area contributed by atoms with Gasteiger partial charge >= 0.3 is 0 Å². The molecular formula is C8H14BrN3O. The number of aromatic nitrogens is 2. The van der Waals surface area contributed by atoms with Crippen molar-refractivity contribution in [3.8, 4) is 0 Å². The van der Waals surface area contributed by atoms with E-state index in [1.165, 1.54) is 0 Å². The number of hydrogen-bond acceptors (Lipinski definition) is 3. The second-order valence-electron chi connectivity index (χ2n) is 3.28. The van der Waals surface area contributed by atoms with E-state index in [-0.39, 0.29) is 0 Å². The van der Waals surface area contributed by atoms with Crippen molar-refractivity contribution in [3.63, 3.8) is 0 Å². The Hall–Kier alpha value is -0.390. The van der Waals surface area contributed by atoms with E-state index < -0.39 is 5.60 Å². The van der Waals surface area contributed by atoms with Crippen molar-refractivity contribution >= 4 is 15.9 Å². The zero-order valence-corrected chi connectivity index (χ0v) is 9.37. The second-order valence-corrected chi connectivity index (χ2v) is 4.13. The van der Waals surface area contributed by atoms with Gasteiger partial charge in [0.2, 0.25) is 0 Å². The Morgan fingerprint density at radius 2 is 2.38 bits per heavy atom. The molecule has 0 aliphatic carbocycles. The lowest BCUT2D eigenvalue weighted by Crippen LogP contribution is -2.28. The van der Waals surface area contributed by atoms with Crippen LogP contribution in [0.5, 0.6) is 0 Å². The summed E-state index contributed by atoms with van der Waals surface area (Å²) in [6.07, 6.45) is 2.19. The molecule has 4 nitrogen and oxygen atoms in total. The average molecular weight is 248 g/mol. The summed E-state index contributed by atoms with van der Waals surface area (Å²) < 4.78 is 2.47. The van der Waals surface area contributed by atoms with E-state index in [4.69, 9.17) is 5.73 Å². The summed E-state index contributed by atoms with van der Waals surface area (Å²) in [5.74, 6) is 0. The van der Waals surface area contributed by atoms with Gasteiger partial charge in [0, 0.05) is 7.05 Å². The molecule has 0 radical (unpaired) electrons. The predicted octanol–water partition coefficient (Wildman–Crippen LogP) is 0.739. The minimum absolute atomic E-state index is 0.449. The maximum Gasteiger partial charge on any atom is 0.106 e. The third-order valence-electron chi connectivity index (χ3n) is 2.04. The van der Waals surface area contributed by atoms with E-state index in [2.05, 4.69) is 21.0 Å². The van der Waals surface area contributed by atoms with Gasteiger partial charge in [0.25, 0.3) is 0 Å². The van der Waals surface area contributed by atoms with Gasteiger partial charge in [-0.05, 0) is 35.8 Å². The summed E-state index contributed by atoms with van der Waals surface area (Å²) in [4.78, 5) is 0. The van der Waals surface area contributed by atoms with Crippen molar-refractivity contribution in [3.05, 3.63) is 16.4 Å². The Bertz CT molecular complexity index is 276. The fraction of sp³-hybridized carbons (Fsp3) is 0.625. The van der Waals surface area contributed by atoms with Crippen LogP contribution in [0.4, 0.5) is 0 Å². The molecule has 0 bridgehead atoms. The van der Waals surface area contributed by atoms with E-state index in [9.17, 15) is 5.11 Å². The van der Waals surface area contributed by atoms with Crippen molar-refractivity contribution in [2.45, 2.75) is 18.9 Å². The van der Waals surface area contributed by atoms with Gasteiger partial charge in [-0.1, -0.05) is 0 Å². The molecule has 1 heterocycles. The van der Waals surface area contributed by atoms with Gasteiger partial charge in [-0.25, -0.2) is 0 Å². The molecule has 1 aromatic rings. The van der Waals surface area contributed by atoms with Crippen LogP contribution >= 0.6 is 15.9 Å². The van der Waals surface area contributed by atoms with Gasteiger partial charge in [-0.2, -0.15) is 5.10 Å². The van der Waals surface area contributed by atoms with Crippen LogP contribution in [0.15, 0.2) is 10.7 Å². The standard InChI is InChI=1S/C8H14BrN3O/c1-8(13,3-4-10)7-6(9)5-11-12(7)2/h5,13H,3-4,10H2,1-2H3. The maximum absolute atomic E-state index is 10.1. The molecule has 0 saturated heterocycles. The molecule has 5 heteroatoms. The van der Waals surface area contributed by atoms with Crippen molar-refractivity contribution < 1.29 is 5.11 Å². The lowest BCUT2D eigenvalue weighted by molar-refractivity contribution is 0.0412. The van der Waals surface area contributed by atoms with Crippen molar-refractivity contribution in [1.29, 1.82) is 0 Å². The van der Waals surface area contributed by atoms with Crippen molar-refractivity contribution in [2.24, 2.45) is 12.8 Å². The molecular weight excluding hydrogens is 234 g/mol. The van der Waals surface area contributed by atoms with Gasteiger partial charge in [-0.3, -0.25) is 4.68 Å². The third-order valence-corrected chi connectivity index (χ3v) is 2.62. The fourth-order valence-corrected chi connectivity index (χ4v) is 2.19. The Kier molecular flexibility index (Phi) is 3.10. The first-order valence-corrected chi connectivity index (χ1v) is 4.89. The van der Waals surface area contributed by atoms with E-state index in [0.717, 1.165) is 10.2 Å². The number of rotatable bonds is 3. The maximum atomic E-state index is 10.1. The first-order chi connectivity index (χ1) is 5.99. The minimum atomic E-state index is -0.918. The van der Waals surface area contributed by atoms with E-state index >= 15 is 0 Å². The summed E-state index contributed by atoms with van der Waals surface area (Å²) in [6, 6.07) is 0. The van der Waals surface area contributed by atoms with Gasteiger partial charge in [0.1, 0.15) is 5.60 Å². The van der Waals surface area contributed by atoms with Crippen LogP contribution in [-0.4, -0.2) is 21.4 Å². The summed E-state index contributed by atoms with van der Waals surface area (Å²) in [5.41, 5.74) is 5.26. The molecule has 0 fully saturated rings. The monoisotopic (exact) mass is 247 g/mol. The van der Waals surface area contributed by atoms with Crippen LogP contribution in [0, 0.1) is 0 Å². The second kappa shape index (κ2) is 3.77. The average Bonchev–Trinajstić information content (AvgIpc) is 2.31. The van der Waals surface area contributed by atoms with Crippen molar-refractivity contribution in [1.82, 2.24) is 9.78 Å². The van der Waals surface area contributed by atoms with Crippen LogP contribution in [0.2, 0.25) is 0 Å². The number of nitrogens with two attached hydrogens (primary N) is 1. The zero-order chi connectivity index (χ0) is 10.1. The Morgan fingerprint density at radius 1 is 1.77 bits per heavy atom. The molecule has 1 unspecified atom stereocenters. The minimum Gasteiger partial charge on any atom is -0.384 e. The number of nitrogens with zero attached hydrogens (tertiary/aromatic N) is 2. The predicted molar refractivity (Wildman–Crippen MR) is 54.2 cm³/mol. The Balaban J connectivity index is 3.05. The van der Waals surface area contributed by atoms with Crippen LogP contribution in [0.3, 0.4) is 0 Å². The summed E-state index contributed by atoms with van der Waals surface area (Å²) in [5, 5.41) is 14.1. The summed E-state index contributed by atoms with van der Waals surface area (Å²) in [7, 11) is 1.80. The number of aryl methyl sites for hydroxylation is 1. The molecule has 1 aromatic heterocycles. The quantitative estimate of drug-likeness (QED) is 0.829. The molecule has 1 rings (SSSR count). The van der Waals surface area contributed by atoms with Crippen LogP contribution in [0.1, 0.15) is 19.0 Å². The van der Waals surface area contributed by atoms with Gasteiger partial charge in [0.05, 0.1) is 16.4 Å². The topological polar surface area (TPSA) is 64.1 Å². The molecule has 0 aliphatic heterocycles. The molecule has 0 spiro atoms. The van der Waals surface area contributed by atoms with E-state index in [0.29, 0.717) is 13.0 Å². The largest absolute Gasteiger partial charge is 0.384 e. The molecule has 3 N–H and O–H groups in total. The molecule has 0 aromatic carbocycles. The highest BCUT2D eigenvalue weighted by molar-refractivity contribution is 9.10. The molecule has 13 heavy (non-hydrogen) atoms. The lowest BCUT2D eigenvalue weighted by Gasteiger charge is -2.23. The van der Waals surface area contributed by atoms with Crippen LogP contribution < -0.4 is 5.73 Å². The van der Waals surface area contributed by atoms with Crippen LogP contribution in [0.25, 0.3) is 0 Å². The highest BCUT2D eigenvalue weighted by Gasteiger charge is 2.28. The summed E-state index contributed by atoms with van der Waals surface area (Å²) >= 11 is 3.34. The fourth-order valence-electron chi connectivity index (χ4n) is 1.42. The normalized spacial score (nSPS) is 15.8. The SMILES string of the molecule is Cn1ncc(Br)c1C(C)(O)CCN. The molecule has 74 valence electrons. The molecule has 1 atom stereocenters. The summed E-state index contributed by atoms with van der Waals surface area (Å²) in [6.45, 7) is 2.19. The van der Waals surface area contributed by atoms with Gasteiger partial charge in [-0.15, -0.1) is 0 Å². The Morgan fingerprint density at radius 3 is 2.77 bits per heavy atom. The number of aliphatic hydroxyl groups is 1. The number of hydrogen-bond donors (Lipinski definition) is 2. The highest BCUT2D eigenvalue weighted by atomic mass is 79.9. The number of halogens is 1. The molecule has 0 saturated carbocycles.